The highest BCUT2D eigenvalue weighted by Gasteiger charge is 2.45. The monoisotopic (exact) mass is 398 g/mol. The lowest BCUT2D eigenvalue weighted by Gasteiger charge is -2.21. The lowest BCUT2D eigenvalue weighted by atomic mass is 10.8. The van der Waals surface area contributed by atoms with Gasteiger partial charge in [-0.25, -0.2) is 0 Å². The van der Waals surface area contributed by atoms with Gasteiger partial charge in [-0.1, -0.05) is 22.6 Å². The van der Waals surface area contributed by atoms with E-state index in [0.29, 0.717) is 4.43 Å². The van der Waals surface area contributed by atoms with E-state index < -0.39 is 38.2 Å². The molecule has 0 radical (unpaired) electrons. The van der Waals surface area contributed by atoms with E-state index in [0.717, 1.165) is 0 Å². The molecule has 0 aromatic carbocycles. The Bertz CT molecular complexity index is 257. The fraction of sp³-hybridized carbons (Fsp3) is 1.00. The molecule has 0 aliphatic rings. The summed E-state index contributed by atoms with van der Waals surface area (Å²) in [5, 5.41) is 0. The molecule has 0 aromatic heterocycles. The number of hydrogen-bond donors (Lipinski definition) is 0. The first-order valence-corrected chi connectivity index (χ1v) is 8.10. The molecule has 0 bridgehead atoms. The van der Waals surface area contributed by atoms with Gasteiger partial charge in [0.1, 0.15) is 13.5 Å². The van der Waals surface area contributed by atoms with E-state index in [2.05, 4.69) is 4.74 Å². The predicted octanol–water partition coefficient (Wildman–Crippen LogP) is 3.88. The van der Waals surface area contributed by atoms with Crippen molar-refractivity contribution in [3.63, 3.8) is 0 Å². The Morgan fingerprint density at radius 1 is 1.00 bits per heavy atom. The van der Waals surface area contributed by atoms with Gasteiger partial charge in [0, 0.05) is 4.43 Å². The summed E-state index contributed by atoms with van der Waals surface area (Å²) in [7, 11) is -4.47. The van der Waals surface area contributed by atoms with E-state index in [1.807, 2.05) is 22.6 Å². The minimum absolute atomic E-state index is 0.0275. The smallest absolute Gasteiger partial charge is 0.373 e. The summed E-state index contributed by atoms with van der Waals surface area (Å²) in [6.45, 7) is -0.0275. The molecule has 104 valence electrons. The first kappa shape index (κ1) is 17.5. The second-order valence-corrected chi connectivity index (χ2v) is 7.42. The molecule has 0 fully saturated rings. The van der Waals surface area contributed by atoms with Gasteiger partial charge in [0.25, 0.3) is 0 Å². The van der Waals surface area contributed by atoms with Gasteiger partial charge < -0.3 is 9.30 Å². The van der Waals surface area contributed by atoms with Crippen molar-refractivity contribution in [2.45, 2.75) is 12.4 Å². The van der Waals surface area contributed by atoms with E-state index in [4.69, 9.17) is 0 Å². The number of halogens is 7. The van der Waals surface area contributed by atoms with Gasteiger partial charge in [-0.2, -0.15) is 26.3 Å². The average Bonchev–Trinajstić information content (AvgIpc) is 1.96. The maximum Gasteiger partial charge on any atom is 0.395 e. The van der Waals surface area contributed by atoms with Gasteiger partial charge in [-0.05, 0) is 0 Å². The summed E-state index contributed by atoms with van der Waals surface area (Å²) < 4.78 is 88.8. The Kier molecular flexibility index (Phi) is 6.80. The molecule has 0 saturated carbocycles. The molecule has 0 aliphatic heterocycles. The van der Waals surface area contributed by atoms with Gasteiger partial charge in [0.2, 0.25) is 0 Å². The topological polar surface area (TPSA) is 26.3 Å². The van der Waals surface area contributed by atoms with Gasteiger partial charge >= 0.3 is 12.4 Å². The zero-order valence-corrected chi connectivity index (χ0v) is 11.5. The Labute approximate surface area is 108 Å². The summed E-state index contributed by atoms with van der Waals surface area (Å²) in [4.78, 5) is 0. The predicted molar refractivity (Wildman–Crippen MR) is 59.2 cm³/mol. The minimum Gasteiger partial charge on any atom is -0.373 e. The van der Waals surface area contributed by atoms with Crippen molar-refractivity contribution in [3.05, 3.63) is 0 Å². The highest BCUT2D eigenvalue weighted by molar-refractivity contribution is 14.1. The third kappa shape index (κ3) is 10.1. The molecular formula is C7H10F6IO2P. The fourth-order valence-corrected chi connectivity index (χ4v) is 3.46. The normalized spacial score (nSPS) is 14.1. The molecule has 0 aliphatic carbocycles. The van der Waals surface area contributed by atoms with Crippen LogP contribution in [0, 0.1) is 0 Å². The Morgan fingerprint density at radius 2 is 1.41 bits per heavy atom. The first-order chi connectivity index (χ1) is 7.47. The van der Waals surface area contributed by atoms with Gasteiger partial charge in [-0.3, -0.25) is 0 Å². The fourth-order valence-electron chi connectivity index (χ4n) is 1.09. The van der Waals surface area contributed by atoms with Crippen LogP contribution in [0.5, 0.6) is 0 Å². The molecular weight excluding hydrogens is 388 g/mol. The molecule has 0 amide bonds. The summed E-state index contributed by atoms with van der Waals surface area (Å²) >= 11 is 1.84. The molecule has 0 spiro atoms. The number of hydrogen-bond acceptors (Lipinski definition) is 2. The summed E-state index contributed by atoms with van der Waals surface area (Å²) in [6.07, 6.45) is -14.7. The third-order valence-corrected chi connectivity index (χ3v) is 4.45. The van der Waals surface area contributed by atoms with Crippen LogP contribution in [-0.2, 0) is 9.30 Å². The van der Waals surface area contributed by atoms with Crippen LogP contribution in [0.4, 0.5) is 26.3 Å². The van der Waals surface area contributed by atoms with Crippen molar-refractivity contribution in [2.24, 2.45) is 0 Å². The van der Waals surface area contributed by atoms with E-state index >= 15 is 0 Å². The maximum atomic E-state index is 12.0. The van der Waals surface area contributed by atoms with Gasteiger partial charge in [0.15, 0.2) is 0 Å². The zero-order valence-electron chi connectivity index (χ0n) is 8.44. The molecule has 0 atom stereocenters. The molecule has 0 aromatic rings. The highest BCUT2D eigenvalue weighted by atomic mass is 127. The Balaban J connectivity index is 4.64. The van der Waals surface area contributed by atoms with Crippen LogP contribution in [0.1, 0.15) is 0 Å². The minimum atomic E-state index is -4.89. The number of alkyl halides is 7. The van der Waals surface area contributed by atoms with E-state index in [9.17, 15) is 30.9 Å². The van der Waals surface area contributed by atoms with Crippen LogP contribution in [0.3, 0.4) is 0 Å². The molecule has 0 rings (SSSR count). The standard InChI is InChI=1S/C7H10F6IO2P/c8-6(9,10)3-17(15,4-7(11,12)13)5-16-2-1-14/h1-5H2. The van der Waals surface area contributed by atoms with Crippen LogP contribution in [0.15, 0.2) is 0 Å². The molecule has 17 heavy (non-hydrogen) atoms. The van der Waals surface area contributed by atoms with Crippen molar-refractivity contribution in [1.82, 2.24) is 0 Å². The van der Waals surface area contributed by atoms with Gasteiger partial charge in [-0.15, -0.1) is 0 Å². The summed E-state index contributed by atoms with van der Waals surface area (Å²) in [5.41, 5.74) is 0. The molecule has 2 nitrogen and oxygen atoms in total. The Hall–Kier alpha value is 0.500. The van der Waals surface area contributed by atoms with E-state index in [-0.39, 0.29) is 6.61 Å². The highest BCUT2D eigenvalue weighted by Crippen LogP contribution is 2.53. The van der Waals surface area contributed by atoms with Crippen molar-refractivity contribution in [1.29, 1.82) is 0 Å². The van der Waals surface area contributed by atoms with E-state index in [1.165, 1.54) is 0 Å². The number of ether oxygens (including phenoxy) is 1. The van der Waals surface area contributed by atoms with Crippen molar-refractivity contribution >= 4 is 29.7 Å². The van der Waals surface area contributed by atoms with Crippen LogP contribution >= 0.6 is 29.7 Å². The Morgan fingerprint density at radius 3 is 1.71 bits per heavy atom. The molecule has 0 heterocycles. The summed E-state index contributed by atoms with van der Waals surface area (Å²) in [5.74, 6) is 0. The summed E-state index contributed by atoms with van der Waals surface area (Å²) in [6, 6.07) is 0. The second-order valence-electron chi connectivity index (χ2n) is 3.33. The SMILES string of the molecule is O=P(COCCI)(CC(F)(F)F)CC(F)(F)F. The van der Waals surface area contributed by atoms with Crippen LogP contribution in [0.2, 0.25) is 0 Å². The average molecular weight is 398 g/mol. The molecule has 0 N–H and O–H groups in total. The molecule has 10 heteroatoms. The molecule has 0 unspecified atom stereocenters. The lowest BCUT2D eigenvalue weighted by Crippen LogP contribution is -2.24. The molecule has 0 saturated heterocycles. The number of rotatable bonds is 6. The van der Waals surface area contributed by atoms with Crippen molar-refractivity contribution in [2.75, 3.05) is 29.7 Å². The van der Waals surface area contributed by atoms with Crippen molar-refractivity contribution < 1.29 is 35.6 Å². The van der Waals surface area contributed by atoms with Crippen LogP contribution in [-0.4, -0.2) is 42.1 Å². The maximum absolute atomic E-state index is 12.0. The van der Waals surface area contributed by atoms with Crippen molar-refractivity contribution in [3.8, 4) is 0 Å². The quantitative estimate of drug-likeness (QED) is 0.223. The third-order valence-electron chi connectivity index (χ3n) is 1.48. The van der Waals surface area contributed by atoms with Gasteiger partial charge in [0.05, 0.1) is 18.9 Å². The van der Waals surface area contributed by atoms with E-state index in [1.54, 1.807) is 0 Å². The van der Waals surface area contributed by atoms with Crippen LogP contribution < -0.4 is 0 Å². The largest absolute Gasteiger partial charge is 0.395 e. The zero-order chi connectivity index (χ0) is 13.7. The first-order valence-electron chi connectivity index (χ1n) is 4.32. The lowest BCUT2D eigenvalue weighted by molar-refractivity contribution is -0.113. The van der Waals surface area contributed by atoms with Crippen LogP contribution in [0.25, 0.3) is 0 Å². The second kappa shape index (κ2) is 6.60.